The summed E-state index contributed by atoms with van der Waals surface area (Å²) < 4.78 is 2.70. The first kappa shape index (κ1) is 14.3. The minimum atomic E-state index is -0.372. The van der Waals surface area contributed by atoms with Gasteiger partial charge in [0.25, 0.3) is 0 Å². The van der Waals surface area contributed by atoms with Gasteiger partial charge in [0.2, 0.25) is 5.91 Å². The fraction of sp³-hybridized carbons (Fsp3) is 0.333. The monoisotopic (exact) mass is 348 g/mol. The van der Waals surface area contributed by atoms with Crippen molar-refractivity contribution in [3.63, 3.8) is 0 Å². The highest BCUT2D eigenvalue weighted by molar-refractivity contribution is 9.10. The van der Waals surface area contributed by atoms with Gasteiger partial charge in [-0.25, -0.2) is 0 Å². The molecule has 0 saturated heterocycles. The number of hydrogen-bond acceptors (Lipinski definition) is 3. The number of hydrogen-bond donors (Lipinski definition) is 1. The summed E-state index contributed by atoms with van der Waals surface area (Å²) in [5, 5.41) is 7.25. The van der Waals surface area contributed by atoms with E-state index >= 15 is 0 Å². The third-order valence-electron chi connectivity index (χ3n) is 3.80. The quantitative estimate of drug-likeness (QED) is 0.923. The number of carbonyl (C=O) groups is 1. The summed E-state index contributed by atoms with van der Waals surface area (Å²) in [4.78, 5) is 14.7. The van der Waals surface area contributed by atoms with E-state index < -0.39 is 0 Å². The van der Waals surface area contributed by atoms with E-state index in [9.17, 15) is 4.79 Å². The van der Waals surface area contributed by atoms with Crippen molar-refractivity contribution in [3.05, 3.63) is 46.2 Å². The molecule has 1 aliphatic rings. The highest BCUT2D eigenvalue weighted by atomic mass is 79.9. The molecule has 0 spiro atoms. The highest BCUT2D eigenvalue weighted by Gasteiger charge is 2.31. The average Bonchev–Trinajstić information content (AvgIpc) is 3.05. The first-order valence-corrected chi connectivity index (χ1v) is 7.65. The van der Waals surface area contributed by atoms with E-state index in [0.717, 1.165) is 28.7 Å². The molecule has 2 heterocycles. The van der Waals surface area contributed by atoms with Crippen molar-refractivity contribution in [2.75, 3.05) is 18.5 Å². The van der Waals surface area contributed by atoms with Crippen LogP contribution in [0.2, 0.25) is 0 Å². The van der Waals surface area contributed by atoms with Gasteiger partial charge in [0.1, 0.15) is 6.04 Å². The first-order chi connectivity index (χ1) is 10.1. The predicted octanol–water partition coefficient (Wildman–Crippen LogP) is 2.03. The van der Waals surface area contributed by atoms with Crippen molar-refractivity contribution < 1.29 is 4.79 Å². The maximum Gasteiger partial charge on any atom is 0.248 e. The summed E-state index contributed by atoms with van der Waals surface area (Å²) >= 11 is 3.48. The van der Waals surface area contributed by atoms with Crippen LogP contribution in [0, 0.1) is 0 Å². The van der Waals surface area contributed by atoms with Crippen LogP contribution >= 0.6 is 15.9 Å². The smallest absolute Gasteiger partial charge is 0.248 e. The SMILES string of the molecule is CNC(C(=O)N1CCc2ccc(Br)cc21)c1cnn(C)c1. The number of anilines is 1. The van der Waals surface area contributed by atoms with Gasteiger partial charge in [0, 0.05) is 35.5 Å². The minimum absolute atomic E-state index is 0.0577. The zero-order valence-electron chi connectivity index (χ0n) is 12.0. The molecule has 1 unspecified atom stereocenters. The van der Waals surface area contributed by atoms with E-state index in [1.54, 1.807) is 17.9 Å². The van der Waals surface area contributed by atoms with Crippen molar-refractivity contribution in [2.45, 2.75) is 12.5 Å². The van der Waals surface area contributed by atoms with Crippen LogP contribution in [0.4, 0.5) is 5.69 Å². The zero-order chi connectivity index (χ0) is 15.0. The number of carbonyl (C=O) groups excluding carboxylic acids is 1. The fourth-order valence-electron chi connectivity index (χ4n) is 2.76. The Balaban J connectivity index is 1.91. The lowest BCUT2D eigenvalue weighted by Gasteiger charge is -2.23. The van der Waals surface area contributed by atoms with Crippen LogP contribution in [0.5, 0.6) is 0 Å². The van der Waals surface area contributed by atoms with E-state index in [0.29, 0.717) is 0 Å². The van der Waals surface area contributed by atoms with E-state index in [-0.39, 0.29) is 11.9 Å². The van der Waals surface area contributed by atoms with Gasteiger partial charge < -0.3 is 10.2 Å². The summed E-state index contributed by atoms with van der Waals surface area (Å²) in [5.41, 5.74) is 3.10. The van der Waals surface area contributed by atoms with E-state index in [1.807, 2.05) is 30.3 Å². The van der Waals surface area contributed by atoms with E-state index in [2.05, 4.69) is 32.4 Å². The summed E-state index contributed by atoms with van der Waals surface area (Å²) in [7, 11) is 3.65. The Labute approximate surface area is 132 Å². The number of amides is 1. The van der Waals surface area contributed by atoms with Crippen molar-refractivity contribution in [2.24, 2.45) is 7.05 Å². The van der Waals surface area contributed by atoms with E-state index in [4.69, 9.17) is 0 Å². The molecule has 110 valence electrons. The van der Waals surface area contributed by atoms with Crippen LogP contribution in [-0.2, 0) is 18.3 Å². The van der Waals surface area contributed by atoms with Crippen LogP contribution in [0.3, 0.4) is 0 Å². The van der Waals surface area contributed by atoms with E-state index in [1.165, 1.54) is 5.56 Å². The molecule has 1 N–H and O–H groups in total. The summed E-state index contributed by atoms with van der Waals surface area (Å²) in [6.07, 6.45) is 4.51. The molecule has 0 aliphatic carbocycles. The minimum Gasteiger partial charge on any atom is -0.310 e. The molecule has 6 heteroatoms. The molecule has 0 radical (unpaired) electrons. The number of likely N-dealkylation sites (N-methyl/N-ethyl adjacent to an activating group) is 1. The number of aromatic nitrogens is 2. The van der Waals surface area contributed by atoms with Crippen LogP contribution in [0.25, 0.3) is 0 Å². The lowest BCUT2D eigenvalue weighted by molar-refractivity contribution is -0.120. The number of benzene rings is 1. The van der Waals surface area contributed by atoms with Gasteiger partial charge in [0.05, 0.1) is 6.20 Å². The third kappa shape index (κ3) is 2.61. The Morgan fingerprint density at radius 2 is 2.29 bits per heavy atom. The van der Waals surface area contributed by atoms with Crippen molar-refractivity contribution >= 4 is 27.5 Å². The molecule has 0 saturated carbocycles. The predicted molar refractivity (Wildman–Crippen MR) is 85.2 cm³/mol. The van der Waals surface area contributed by atoms with Crippen LogP contribution in [-0.4, -0.2) is 29.3 Å². The second kappa shape index (κ2) is 5.61. The highest BCUT2D eigenvalue weighted by Crippen LogP contribution is 2.32. The maximum atomic E-state index is 12.9. The summed E-state index contributed by atoms with van der Waals surface area (Å²) in [6, 6.07) is 5.73. The molecule has 0 fully saturated rings. The lowest BCUT2D eigenvalue weighted by Crippen LogP contribution is -2.38. The van der Waals surface area contributed by atoms with Gasteiger partial charge >= 0.3 is 0 Å². The molecule has 1 atom stereocenters. The number of fused-ring (bicyclic) bond motifs is 1. The zero-order valence-corrected chi connectivity index (χ0v) is 13.6. The standard InChI is InChI=1S/C15H17BrN4O/c1-17-14(11-8-18-19(2)9-11)15(21)20-6-5-10-3-4-12(16)7-13(10)20/h3-4,7-9,14,17H,5-6H2,1-2H3. The fourth-order valence-corrected chi connectivity index (χ4v) is 3.11. The van der Waals surface area contributed by atoms with Gasteiger partial charge in [-0.3, -0.25) is 9.48 Å². The van der Waals surface area contributed by atoms with Crippen LogP contribution < -0.4 is 10.2 Å². The largest absolute Gasteiger partial charge is 0.310 e. The number of nitrogens with one attached hydrogen (secondary N) is 1. The number of rotatable bonds is 3. The molecule has 1 aromatic heterocycles. The molecule has 1 aliphatic heterocycles. The molecular formula is C15H17BrN4O. The van der Waals surface area contributed by atoms with Crippen LogP contribution in [0.1, 0.15) is 17.2 Å². The number of aryl methyl sites for hydroxylation is 1. The molecular weight excluding hydrogens is 332 g/mol. The van der Waals surface area contributed by atoms with Crippen molar-refractivity contribution in [3.8, 4) is 0 Å². The Kier molecular flexibility index (Phi) is 3.82. The van der Waals surface area contributed by atoms with Gasteiger partial charge in [-0.05, 0) is 31.2 Å². The molecule has 5 nitrogen and oxygen atoms in total. The molecule has 0 bridgehead atoms. The summed E-state index contributed by atoms with van der Waals surface area (Å²) in [6.45, 7) is 0.725. The molecule has 21 heavy (non-hydrogen) atoms. The molecule has 2 aromatic rings. The van der Waals surface area contributed by atoms with Gasteiger partial charge in [-0.15, -0.1) is 0 Å². The average molecular weight is 349 g/mol. The summed E-state index contributed by atoms with van der Waals surface area (Å²) in [5.74, 6) is 0.0577. The molecule has 3 rings (SSSR count). The number of nitrogens with zero attached hydrogens (tertiary/aromatic N) is 3. The number of halogens is 1. The Morgan fingerprint density at radius 3 is 2.95 bits per heavy atom. The maximum absolute atomic E-state index is 12.9. The second-order valence-electron chi connectivity index (χ2n) is 5.18. The normalized spacial score (nSPS) is 15.1. The third-order valence-corrected chi connectivity index (χ3v) is 4.30. The Hall–Kier alpha value is -1.66. The molecule has 1 amide bonds. The van der Waals surface area contributed by atoms with Crippen molar-refractivity contribution in [1.82, 2.24) is 15.1 Å². The lowest BCUT2D eigenvalue weighted by atomic mass is 10.1. The first-order valence-electron chi connectivity index (χ1n) is 6.86. The van der Waals surface area contributed by atoms with Gasteiger partial charge in [-0.1, -0.05) is 22.0 Å². The van der Waals surface area contributed by atoms with Crippen molar-refractivity contribution in [1.29, 1.82) is 0 Å². The molecule has 1 aromatic carbocycles. The van der Waals surface area contributed by atoms with Crippen LogP contribution in [0.15, 0.2) is 35.1 Å². The van der Waals surface area contributed by atoms with Gasteiger partial charge in [-0.2, -0.15) is 5.10 Å². The Morgan fingerprint density at radius 1 is 1.48 bits per heavy atom. The topological polar surface area (TPSA) is 50.2 Å². The Bertz CT molecular complexity index is 682. The van der Waals surface area contributed by atoms with Gasteiger partial charge in [0.15, 0.2) is 0 Å². The second-order valence-corrected chi connectivity index (χ2v) is 6.10.